The predicted molar refractivity (Wildman–Crippen MR) is 113 cm³/mol. The predicted octanol–water partition coefficient (Wildman–Crippen LogP) is 4.07. The van der Waals surface area contributed by atoms with Gasteiger partial charge in [-0.05, 0) is 54.8 Å². The third-order valence-electron chi connectivity index (χ3n) is 5.59. The second-order valence-corrected chi connectivity index (χ2v) is 7.55. The van der Waals surface area contributed by atoms with Crippen molar-refractivity contribution in [3.05, 3.63) is 90.0 Å². The van der Waals surface area contributed by atoms with Gasteiger partial charge in [0.15, 0.2) is 0 Å². The van der Waals surface area contributed by atoms with Crippen LogP contribution in [-0.2, 0) is 13.1 Å². The normalized spacial score (nSPS) is 17.0. The molecule has 0 saturated carbocycles. The van der Waals surface area contributed by atoms with Gasteiger partial charge in [-0.2, -0.15) is 0 Å². The highest BCUT2D eigenvalue weighted by molar-refractivity contribution is 5.57. The molecule has 0 aliphatic carbocycles. The molecule has 5 rings (SSSR count). The summed E-state index contributed by atoms with van der Waals surface area (Å²) in [5, 5.41) is 12.4. The fraction of sp³-hybridized carbons (Fsp3) is 0.261. The zero-order chi connectivity index (χ0) is 19.5. The van der Waals surface area contributed by atoms with Gasteiger partial charge in [-0.15, -0.1) is 5.10 Å². The van der Waals surface area contributed by atoms with Gasteiger partial charge in [0.2, 0.25) is 0 Å². The number of rotatable bonds is 6. The lowest BCUT2D eigenvalue weighted by Gasteiger charge is -2.23. The summed E-state index contributed by atoms with van der Waals surface area (Å²) >= 11 is 0. The van der Waals surface area contributed by atoms with Crippen molar-refractivity contribution in [3.8, 4) is 0 Å². The van der Waals surface area contributed by atoms with Gasteiger partial charge in [0.05, 0.1) is 23.4 Å². The van der Waals surface area contributed by atoms with Gasteiger partial charge in [-0.1, -0.05) is 35.5 Å². The van der Waals surface area contributed by atoms with Crippen molar-refractivity contribution in [1.82, 2.24) is 24.7 Å². The Balaban J connectivity index is 1.34. The van der Waals surface area contributed by atoms with E-state index < -0.39 is 0 Å². The summed E-state index contributed by atoms with van der Waals surface area (Å²) in [5.41, 5.74) is 5.74. The maximum atomic E-state index is 4.56. The van der Waals surface area contributed by atoms with Crippen molar-refractivity contribution < 1.29 is 0 Å². The van der Waals surface area contributed by atoms with Gasteiger partial charge < -0.3 is 5.32 Å². The first kappa shape index (κ1) is 17.8. The fourth-order valence-electron chi connectivity index (χ4n) is 4.10. The standard InChI is InChI=1S/C23H24N6/c1-2-5-18(6-3-1)15-25-20-8-9-22-23(26-27-29(22)17-20)21-7-4-14-28(21)16-19-10-12-24-13-11-19/h1-3,5-6,8-13,17,21,25H,4,7,14-16H2/t21-/m1/s1. The first-order valence-electron chi connectivity index (χ1n) is 10.1. The Kier molecular flexibility index (Phi) is 4.92. The number of fused-ring (bicyclic) bond motifs is 1. The highest BCUT2D eigenvalue weighted by Crippen LogP contribution is 2.34. The molecule has 1 atom stereocenters. The smallest absolute Gasteiger partial charge is 0.108 e. The summed E-state index contributed by atoms with van der Waals surface area (Å²) in [5.74, 6) is 0. The second-order valence-electron chi connectivity index (χ2n) is 7.55. The molecular weight excluding hydrogens is 360 g/mol. The Morgan fingerprint density at radius 3 is 2.69 bits per heavy atom. The molecule has 1 fully saturated rings. The summed E-state index contributed by atoms with van der Waals surface area (Å²) in [4.78, 5) is 6.62. The van der Waals surface area contributed by atoms with E-state index in [2.05, 4.69) is 74.0 Å². The number of pyridine rings is 2. The molecule has 4 aromatic rings. The molecule has 1 N–H and O–H groups in total. The van der Waals surface area contributed by atoms with Crippen LogP contribution in [0.1, 0.15) is 35.7 Å². The number of benzene rings is 1. The van der Waals surface area contributed by atoms with E-state index in [1.54, 1.807) is 0 Å². The van der Waals surface area contributed by atoms with E-state index in [1.807, 2.05) is 29.2 Å². The molecular formula is C23H24N6. The number of anilines is 1. The number of nitrogens with one attached hydrogen (secondary N) is 1. The van der Waals surface area contributed by atoms with E-state index in [4.69, 9.17) is 0 Å². The second kappa shape index (κ2) is 8.01. The molecule has 29 heavy (non-hydrogen) atoms. The van der Waals surface area contributed by atoms with Gasteiger partial charge in [0.25, 0.3) is 0 Å². The minimum atomic E-state index is 0.309. The van der Waals surface area contributed by atoms with Crippen LogP contribution in [0, 0.1) is 0 Å². The van der Waals surface area contributed by atoms with Gasteiger partial charge >= 0.3 is 0 Å². The molecule has 6 nitrogen and oxygen atoms in total. The summed E-state index contributed by atoms with van der Waals surface area (Å²) in [6, 6.07) is 19.1. The van der Waals surface area contributed by atoms with Gasteiger partial charge in [0.1, 0.15) is 5.69 Å². The Labute approximate surface area is 170 Å². The monoisotopic (exact) mass is 384 g/mol. The SMILES string of the molecule is c1ccc(CNc2ccc3c([C@H]4CCCN4Cc4ccncc4)nnn3c2)cc1. The Morgan fingerprint density at radius 1 is 0.966 bits per heavy atom. The van der Waals surface area contributed by atoms with Crippen molar-refractivity contribution >= 4 is 11.2 Å². The van der Waals surface area contributed by atoms with Crippen LogP contribution in [-0.4, -0.2) is 31.3 Å². The molecule has 4 heterocycles. The molecule has 0 unspecified atom stereocenters. The molecule has 1 saturated heterocycles. The maximum absolute atomic E-state index is 4.56. The van der Waals surface area contributed by atoms with E-state index in [1.165, 1.54) is 17.5 Å². The van der Waals surface area contributed by atoms with Crippen LogP contribution in [0.4, 0.5) is 5.69 Å². The first-order valence-corrected chi connectivity index (χ1v) is 10.1. The summed E-state index contributed by atoms with van der Waals surface area (Å²) in [7, 11) is 0. The first-order chi connectivity index (χ1) is 14.4. The largest absolute Gasteiger partial charge is 0.380 e. The van der Waals surface area contributed by atoms with Crippen LogP contribution < -0.4 is 5.32 Å². The summed E-state index contributed by atoms with van der Waals surface area (Å²) in [6.07, 6.45) is 8.05. The number of hydrogen-bond donors (Lipinski definition) is 1. The molecule has 0 radical (unpaired) electrons. The van der Waals surface area contributed by atoms with E-state index in [-0.39, 0.29) is 0 Å². The van der Waals surface area contributed by atoms with Crippen LogP contribution in [0.5, 0.6) is 0 Å². The zero-order valence-corrected chi connectivity index (χ0v) is 16.3. The third kappa shape index (κ3) is 3.84. The van der Waals surface area contributed by atoms with Crippen LogP contribution in [0.2, 0.25) is 0 Å². The third-order valence-corrected chi connectivity index (χ3v) is 5.59. The van der Waals surface area contributed by atoms with Crippen molar-refractivity contribution in [3.63, 3.8) is 0 Å². The van der Waals surface area contributed by atoms with E-state index in [0.717, 1.165) is 43.0 Å². The van der Waals surface area contributed by atoms with Crippen LogP contribution in [0.15, 0.2) is 73.2 Å². The van der Waals surface area contributed by atoms with Gasteiger partial charge in [-0.3, -0.25) is 9.88 Å². The molecule has 6 heteroatoms. The van der Waals surface area contributed by atoms with Crippen LogP contribution in [0.25, 0.3) is 5.52 Å². The lowest BCUT2D eigenvalue weighted by atomic mass is 10.1. The van der Waals surface area contributed by atoms with Crippen molar-refractivity contribution in [2.24, 2.45) is 0 Å². The van der Waals surface area contributed by atoms with Crippen molar-refractivity contribution in [2.75, 3.05) is 11.9 Å². The lowest BCUT2D eigenvalue weighted by molar-refractivity contribution is 0.245. The molecule has 3 aromatic heterocycles. The average molecular weight is 384 g/mol. The molecule has 1 aliphatic heterocycles. The number of aromatic nitrogens is 4. The minimum absolute atomic E-state index is 0.309. The van der Waals surface area contributed by atoms with Crippen molar-refractivity contribution in [1.29, 1.82) is 0 Å². The Morgan fingerprint density at radius 2 is 1.83 bits per heavy atom. The number of likely N-dealkylation sites (tertiary alicyclic amines) is 1. The van der Waals surface area contributed by atoms with E-state index in [9.17, 15) is 0 Å². The Hall–Kier alpha value is -3.25. The molecule has 0 bridgehead atoms. The fourth-order valence-corrected chi connectivity index (χ4v) is 4.10. The van der Waals surface area contributed by atoms with Gasteiger partial charge in [-0.25, -0.2) is 4.52 Å². The molecule has 0 spiro atoms. The Bertz CT molecular complexity index is 1080. The van der Waals surface area contributed by atoms with E-state index in [0.29, 0.717) is 6.04 Å². The zero-order valence-electron chi connectivity index (χ0n) is 16.3. The summed E-state index contributed by atoms with van der Waals surface area (Å²) in [6.45, 7) is 2.79. The topological polar surface area (TPSA) is 58.3 Å². The van der Waals surface area contributed by atoms with Crippen LogP contribution >= 0.6 is 0 Å². The van der Waals surface area contributed by atoms with Crippen molar-refractivity contribution in [2.45, 2.75) is 32.0 Å². The molecule has 0 amide bonds. The van der Waals surface area contributed by atoms with Gasteiger partial charge in [0, 0.05) is 25.5 Å². The quantitative estimate of drug-likeness (QED) is 0.543. The lowest BCUT2D eigenvalue weighted by Crippen LogP contribution is -2.23. The molecule has 146 valence electrons. The highest BCUT2D eigenvalue weighted by atomic mass is 15.4. The minimum Gasteiger partial charge on any atom is -0.380 e. The summed E-state index contributed by atoms with van der Waals surface area (Å²) < 4.78 is 1.89. The number of hydrogen-bond acceptors (Lipinski definition) is 5. The average Bonchev–Trinajstić information content (AvgIpc) is 3.40. The molecule has 1 aromatic carbocycles. The highest BCUT2D eigenvalue weighted by Gasteiger charge is 2.29. The van der Waals surface area contributed by atoms with Crippen LogP contribution in [0.3, 0.4) is 0 Å². The maximum Gasteiger partial charge on any atom is 0.108 e. The molecule has 1 aliphatic rings. The van der Waals surface area contributed by atoms with E-state index >= 15 is 0 Å². The number of nitrogens with zero attached hydrogens (tertiary/aromatic N) is 5.